The summed E-state index contributed by atoms with van der Waals surface area (Å²) in [4.78, 5) is 11.7. The summed E-state index contributed by atoms with van der Waals surface area (Å²) in [7, 11) is 0. The summed E-state index contributed by atoms with van der Waals surface area (Å²) in [6, 6.07) is 2.03. The Morgan fingerprint density at radius 2 is 1.95 bits per heavy atom. The van der Waals surface area contributed by atoms with Crippen LogP contribution in [0.2, 0.25) is 0 Å². The maximum absolute atomic E-state index is 13.5. The van der Waals surface area contributed by atoms with E-state index >= 15 is 0 Å². The van der Waals surface area contributed by atoms with Gasteiger partial charge in [0, 0.05) is 11.6 Å². The second kappa shape index (κ2) is 6.32. The van der Waals surface area contributed by atoms with Gasteiger partial charge in [0.1, 0.15) is 11.6 Å². The highest BCUT2D eigenvalue weighted by Gasteiger charge is 2.17. The third kappa shape index (κ3) is 4.78. The molecule has 19 heavy (non-hydrogen) atoms. The predicted octanol–water partition coefficient (Wildman–Crippen LogP) is 3.44. The molecule has 0 aliphatic heterocycles. The zero-order valence-electron chi connectivity index (χ0n) is 11.1. The molecule has 0 spiro atoms. The lowest BCUT2D eigenvalue weighted by Crippen LogP contribution is -2.45. The Kier molecular flexibility index (Phi) is 5.29. The topological polar surface area (TPSA) is 41.1 Å². The second-order valence-electron chi connectivity index (χ2n) is 4.89. The number of rotatable bonds is 5. The zero-order valence-corrected chi connectivity index (χ0v) is 12.7. The van der Waals surface area contributed by atoms with Crippen molar-refractivity contribution in [1.82, 2.24) is 5.32 Å². The molecule has 1 rings (SSSR count). The molecule has 0 bridgehead atoms. The van der Waals surface area contributed by atoms with Gasteiger partial charge in [-0.3, -0.25) is 4.79 Å². The molecule has 0 aliphatic rings. The van der Waals surface area contributed by atoms with E-state index in [0.717, 1.165) is 18.6 Å². The first-order valence-electron chi connectivity index (χ1n) is 5.94. The Morgan fingerprint density at radius 1 is 1.32 bits per heavy atom. The van der Waals surface area contributed by atoms with Gasteiger partial charge in [0.15, 0.2) is 0 Å². The molecule has 6 heteroatoms. The Bertz CT molecular complexity index is 478. The van der Waals surface area contributed by atoms with Crippen LogP contribution in [0.5, 0.6) is 0 Å². The van der Waals surface area contributed by atoms with Crippen LogP contribution in [0.25, 0.3) is 0 Å². The summed E-state index contributed by atoms with van der Waals surface area (Å²) < 4.78 is 26.8. The molecule has 3 nitrogen and oxygen atoms in total. The minimum absolute atomic E-state index is 0.0369. The number of carbonyl (C=O) groups is 1. The Balaban J connectivity index is 2.63. The first kappa shape index (κ1) is 15.9. The smallest absolute Gasteiger partial charge is 0.239 e. The van der Waals surface area contributed by atoms with E-state index in [1.54, 1.807) is 0 Å². The van der Waals surface area contributed by atoms with E-state index in [2.05, 4.69) is 26.6 Å². The molecule has 0 saturated carbocycles. The fraction of sp³-hybridized carbons (Fsp3) is 0.462. The molecule has 1 amide bonds. The number of hydrogen-bond donors (Lipinski definition) is 2. The lowest BCUT2D eigenvalue weighted by Gasteiger charge is -2.24. The summed E-state index contributed by atoms with van der Waals surface area (Å²) in [5.74, 6) is -1.47. The van der Waals surface area contributed by atoms with Crippen molar-refractivity contribution >= 4 is 27.5 Å². The van der Waals surface area contributed by atoms with Crippen LogP contribution < -0.4 is 10.6 Å². The SMILES string of the molecule is CCC(C)(C)NC(=O)CNc1cc(F)c(Br)cc1F. The monoisotopic (exact) mass is 334 g/mol. The van der Waals surface area contributed by atoms with Crippen LogP contribution in [-0.4, -0.2) is 18.0 Å². The Labute approximate surface area is 119 Å². The molecule has 0 aromatic heterocycles. The number of anilines is 1. The highest BCUT2D eigenvalue weighted by atomic mass is 79.9. The molecule has 0 aliphatic carbocycles. The van der Waals surface area contributed by atoms with Crippen LogP contribution in [0.4, 0.5) is 14.5 Å². The van der Waals surface area contributed by atoms with Gasteiger partial charge in [-0.1, -0.05) is 6.92 Å². The number of amides is 1. The summed E-state index contributed by atoms with van der Waals surface area (Å²) in [6.07, 6.45) is 0.778. The molecule has 0 atom stereocenters. The van der Waals surface area contributed by atoms with Gasteiger partial charge in [-0.15, -0.1) is 0 Å². The predicted molar refractivity (Wildman–Crippen MR) is 75.1 cm³/mol. The van der Waals surface area contributed by atoms with Crippen LogP contribution in [0.1, 0.15) is 27.2 Å². The number of halogens is 3. The molecule has 0 unspecified atom stereocenters. The van der Waals surface area contributed by atoms with Gasteiger partial charge in [0.05, 0.1) is 16.7 Å². The van der Waals surface area contributed by atoms with E-state index in [1.807, 2.05) is 20.8 Å². The summed E-state index contributed by atoms with van der Waals surface area (Å²) >= 11 is 2.89. The van der Waals surface area contributed by atoms with Crippen molar-refractivity contribution in [2.24, 2.45) is 0 Å². The van der Waals surface area contributed by atoms with Crippen LogP contribution in [-0.2, 0) is 4.79 Å². The van der Waals surface area contributed by atoms with E-state index < -0.39 is 11.6 Å². The third-order valence-electron chi connectivity index (χ3n) is 2.81. The first-order chi connectivity index (χ1) is 8.75. The van der Waals surface area contributed by atoms with Gasteiger partial charge in [-0.25, -0.2) is 8.78 Å². The second-order valence-corrected chi connectivity index (χ2v) is 5.74. The largest absolute Gasteiger partial charge is 0.374 e. The fourth-order valence-electron chi connectivity index (χ4n) is 1.34. The normalized spacial score (nSPS) is 11.3. The average molecular weight is 335 g/mol. The molecule has 0 saturated heterocycles. The molecular weight excluding hydrogens is 318 g/mol. The molecule has 0 radical (unpaired) electrons. The van der Waals surface area contributed by atoms with E-state index in [1.165, 1.54) is 0 Å². The van der Waals surface area contributed by atoms with Crippen molar-refractivity contribution in [2.45, 2.75) is 32.7 Å². The van der Waals surface area contributed by atoms with Crippen LogP contribution in [0.15, 0.2) is 16.6 Å². The van der Waals surface area contributed by atoms with Crippen molar-refractivity contribution in [3.8, 4) is 0 Å². The maximum atomic E-state index is 13.5. The Morgan fingerprint density at radius 3 is 2.53 bits per heavy atom. The minimum atomic E-state index is -0.615. The molecule has 0 fully saturated rings. The number of nitrogens with one attached hydrogen (secondary N) is 2. The van der Waals surface area contributed by atoms with Gasteiger partial charge in [-0.2, -0.15) is 0 Å². The molecule has 0 heterocycles. The number of hydrogen-bond acceptors (Lipinski definition) is 2. The van der Waals surface area contributed by atoms with E-state index in [4.69, 9.17) is 0 Å². The van der Waals surface area contributed by atoms with Crippen molar-refractivity contribution in [1.29, 1.82) is 0 Å². The molecule has 106 valence electrons. The quantitative estimate of drug-likeness (QED) is 0.810. The lowest BCUT2D eigenvalue weighted by molar-refractivity contribution is -0.121. The lowest BCUT2D eigenvalue weighted by atomic mass is 10.0. The molecule has 1 aromatic carbocycles. The van der Waals surface area contributed by atoms with Gasteiger partial charge in [0.2, 0.25) is 5.91 Å². The number of benzene rings is 1. The molecular formula is C13H17BrF2N2O. The zero-order chi connectivity index (χ0) is 14.6. The van der Waals surface area contributed by atoms with Gasteiger partial charge < -0.3 is 10.6 Å². The van der Waals surface area contributed by atoms with Crippen LogP contribution in [0.3, 0.4) is 0 Å². The summed E-state index contributed by atoms with van der Waals surface area (Å²) in [6.45, 7) is 5.63. The fourth-order valence-corrected chi connectivity index (χ4v) is 1.66. The van der Waals surface area contributed by atoms with Gasteiger partial charge >= 0.3 is 0 Å². The van der Waals surface area contributed by atoms with Gasteiger partial charge in [-0.05, 0) is 42.3 Å². The summed E-state index contributed by atoms with van der Waals surface area (Å²) in [5.41, 5.74) is -0.354. The first-order valence-corrected chi connectivity index (χ1v) is 6.74. The van der Waals surface area contributed by atoms with Crippen molar-refractivity contribution in [2.75, 3.05) is 11.9 Å². The Hall–Kier alpha value is -1.17. The van der Waals surface area contributed by atoms with Crippen LogP contribution in [0, 0.1) is 11.6 Å². The standard InChI is InChI=1S/C13H17BrF2N2O/c1-4-13(2,3)18-12(19)7-17-11-6-9(15)8(14)5-10(11)16/h5-6,17H,4,7H2,1-3H3,(H,18,19). The van der Waals surface area contributed by atoms with E-state index in [9.17, 15) is 13.6 Å². The highest BCUT2D eigenvalue weighted by molar-refractivity contribution is 9.10. The molecule has 1 aromatic rings. The van der Waals surface area contributed by atoms with Crippen molar-refractivity contribution in [3.63, 3.8) is 0 Å². The van der Waals surface area contributed by atoms with E-state index in [-0.39, 0.29) is 28.2 Å². The van der Waals surface area contributed by atoms with Gasteiger partial charge in [0.25, 0.3) is 0 Å². The maximum Gasteiger partial charge on any atom is 0.239 e. The highest BCUT2D eigenvalue weighted by Crippen LogP contribution is 2.23. The van der Waals surface area contributed by atoms with E-state index in [0.29, 0.717) is 0 Å². The molecule has 2 N–H and O–H groups in total. The van der Waals surface area contributed by atoms with Crippen molar-refractivity contribution in [3.05, 3.63) is 28.2 Å². The summed E-state index contributed by atoms with van der Waals surface area (Å²) in [5, 5.41) is 5.37. The van der Waals surface area contributed by atoms with Crippen molar-refractivity contribution < 1.29 is 13.6 Å². The number of carbonyl (C=O) groups excluding carboxylic acids is 1. The third-order valence-corrected chi connectivity index (χ3v) is 3.42. The van der Waals surface area contributed by atoms with Crippen LogP contribution >= 0.6 is 15.9 Å². The average Bonchev–Trinajstić information content (AvgIpc) is 2.31. The minimum Gasteiger partial charge on any atom is -0.374 e.